The number of furan rings is 1. The highest BCUT2D eigenvalue weighted by Crippen LogP contribution is 2.31. The second-order valence-corrected chi connectivity index (χ2v) is 3.54. The number of likely N-dealkylation sites (tertiary alicyclic amines) is 1. The average molecular weight is 195 g/mol. The van der Waals surface area contributed by atoms with Crippen molar-refractivity contribution < 1.29 is 14.3 Å². The lowest BCUT2D eigenvalue weighted by Crippen LogP contribution is -2.29. The van der Waals surface area contributed by atoms with Gasteiger partial charge < -0.3 is 9.52 Å². The Hall–Kier alpha value is -1.29. The van der Waals surface area contributed by atoms with E-state index in [9.17, 15) is 4.79 Å². The number of hydrogen-bond donors (Lipinski definition) is 1. The summed E-state index contributed by atoms with van der Waals surface area (Å²) in [5.41, 5.74) is 0. The predicted octanol–water partition coefficient (Wildman–Crippen LogP) is 1.50. The third kappa shape index (κ3) is 1.80. The minimum atomic E-state index is -0.775. The Bertz CT molecular complexity index is 307. The molecule has 1 aromatic rings. The Morgan fingerprint density at radius 3 is 3.21 bits per heavy atom. The van der Waals surface area contributed by atoms with Crippen LogP contribution in [0.1, 0.15) is 24.6 Å². The minimum Gasteiger partial charge on any atom is -0.480 e. The van der Waals surface area contributed by atoms with Crippen LogP contribution in [0.5, 0.6) is 0 Å². The number of aliphatic carboxylic acids is 1. The molecule has 14 heavy (non-hydrogen) atoms. The smallest absolute Gasteiger partial charge is 0.317 e. The Labute approximate surface area is 82.1 Å². The highest BCUT2D eigenvalue weighted by atomic mass is 16.4. The average Bonchev–Trinajstić information content (AvgIpc) is 2.70. The summed E-state index contributed by atoms with van der Waals surface area (Å²) in [5.74, 6) is 0.104. The van der Waals surface area contributed by atoms with Gasteiger partial charge in [-0.3, -0.25) is 9.69 Å². The maximum Gasteiger partial charge on any atom is 0.317 e. The van der Waals surface area contributed by atoms with E-state index in [4.69, 9.17) is 9.52 Å². The molecule has 4 nitrogen and oxygen atoms in total. The van der Waals surface area contributed by atoms with Crippen LogP contribution >= 0.6 is 0 Å². The van der Waals surface area contributed by atoms with Crippen LogP contribution in [0, 0.1) is 0 Å². The molecule has 0 aliphatic carbocycles. The van der Waals surface area contributed by atoms with Gasteiger partial charge in [-0.1, -0.05) is 0 Å². The van der Waals surface area contributed by atoms with Gasteiger partial charge in [0, 0.05) is 0 Å². The van der Waals surface area contributed by atoms with Crippen molar-refractivity contribution in [3.05, 3.63) is 24.2 Å². The summed E-state index contributed by atoms with van der Waals surface area (Å²) in [6, 6.07) is 3.90. The van der Waals surface area contributed by atoms with Crippen LogP contribution in [0.3, 0.4) is 0 Å². The fraction of sp³-hybridized carbons (Fsp3) is 0.500. The molecule has 1 unspecified atom stereocenters. The van der Waals surface area contributed by atoms with E-state index in [0.717, 1.165) is 25.1 Å². The summed E-state index contributed by atoms with van der Waals surface area (Å²) >= 11 is 0. The monoisotopic (exact) mass is 195 g/mol. The van der Waals surface area contributed by atoms with Crippen molar-refractivity contribution in [2.45, 2.75) is 18.9 Å². The van der Waals surface area contributed by atoms with Crippen molar-refractivity contribution in [1.29, 1.82) is 0 Å². The Morgan fingerprint density at radius 2 is 2.57 bits per heavy atom. The van der Waals surface area contributed by atoms with Crippen LogP contribution in [0.25, 0.3) is 0 Å². The standard InChI is InChI=1S/C10H13NO3/c12-10(13)7-11-5-1-3-8(11)9-4-2-6-14-9/h2,4,6,8H,1,3,5,7H2,(H,12,13). The van der Waals surface area contributed by atoms with E-state index in [1.807, 2.05) is 17.0 Å². The van der Waals surface area contributed by atoms with Crippen LogP contribution in [0.2, 0.25) is 0 Å². The molecule has 0 radical (unpaired) electrons. The molecule has 4 heteroatoms. The van der Waals surface area contributed by atoms with Crippen molar-refractivity contribution in [2.75, 3.05) is 13.1 Å². The molecule has 76 valence electrons. The van der Waals surface area contributed by atoms with E-state index < -0.39 is 5.97 Å². The van der Waals surface area contributed by atoms with Crippen LogP contribution < -0.4 is 0 Å². The number of hydrogen-bond acceptors (Lipinski definition) is 3. The fourth-order valence-corrected chi connectivity index (χ4v) is 1.99. The first-order chi connectivity index (χ1) is 6.77. The van der Waals surface area contributed by atoms with E-state index in [0.29, 0.717) is 0 Å². The molecule has 1 saturated heterocycles. The summed E-state index contributed by atoms with van der Waals surface area (Å²) in [6.45, 7) is 0.947. The van der Waals surface area contributed by atoms with Gasteiger partial charge in [0.1, 0.15) is 5.76 Å². The molecule has 0 amide bonds. The van der Waals surface area contributed by atoms with Gasteiger partial charge in [0.25, 0.3) is 0 Å². The first kappa shape index (κ1) is 9.27. The van der Waals surface area contributed by atoms with Crippen LogP contribution in [0.4, 0.5) is 0 Å². The molecule has 2 heterocycles. The second kappa shape index (κ2) is 3.84. The molecule has 0 saturated carbocycles. The quantitative estimate of drug-likeness (QED) is 0.794. The highest BCUT2D eigenvalue weighted by Gasteiger charge is 2.29. The lowest BCUT2D eigenvalue weighted by molar-refractivity contribution is -0.138. The van der Waals surface area contributed by atoms with Gasteiger partial charge in [-0.15, -0.1) is 0 Å². The summed E-state index contributed by atoms with van der Waals surface area (Å²) in [7, 11) is 0. The number of carboxylic acids is 1. The highest BCUT2D eigenvalue weighted by molar-refractivity contribution is 5.69. The molecule has 1 N–H and O–H groups in total. The largest absolute Gasteiger partial charge is 0.480 e. The van der Waals surface area contributed by atoms with Gasteiger partial charge in [-0.05, 0) is 31.5 Å². The first-order valence-electron chi connectivity index (χ1n) is 4.76. The Kier molecular flexibility index (Phi) is 2.54. The van der Waals surface area contributed by atoms with E-state index in [1.54, 1.807) is 6.26 Å². The maximum absolute atomic E-state index is 10.6. The van der Waals surface area contributed by atoms with E-state index in [1.165, 1.54) is 0 Å². The maximum atomic E-state index is 10.6. The van der Waals surface area contributed by atoms with Crippen LogP contribution in [-0.4, -0.2) is 29.1 Å². The number of nitrogens with zero attached hydrogens (tertiary/aromatic N) is 1. The van der Waals surface area contributed by atoms with Gasteiger partial charge >= 0.3 is 5.97 Å². The molecule has 1 aromatic heterocycles. The van der Waals surface area contributed by atoms with Gasteiger partial charge in [0.15, 0.2) is 0 Å². The SMILES string of the molecule is O=C(O)CN1CCCC1c1ccco1. The minimum absolute atomic E-state index is 0.103. The zero-order valence-electron chi connectivity index (χ0n) is 7.85. The summed E-state index contributed by atoms with van der Waals surface area (Å²) in [6.07, 6.45) is 3.66. The van der Waals surface area contributed by atoms with Gasteiger partial charge in [-0.2, -0.15) is 0 Å². The third-order valence-electron chi connectivity index (χ3n) is 2.57. The number of carbonyl (C=O) groups is 1. The normalized spacial score (nSPS) is 22.7. The molecule has 1 aliphatic heterocycles. The van der Waals surface area contributed by atoms with Crippen molar-refractivity contribution in [1.82, 2.24) is 4.90 Å². The zero-order chi connectivity index (χ0) is 9.97. The molecule has 0 bridgehead atoms. The molecule has 0 spiro atoms. The van der Waals surface area contributed by atoms with Gasteiger partial charge in [0.05, 0.1) is 18.8 Å². The topological polar surface area (TPSA) is 53.7 Å². The fourth-order valence-electron chi connectivity index (χ4n) is 1.99. The lowest BCUT2D eigenvalue weighted by atomic mass is 10.2. The van der Waals surface area contributed by atoms with Crippen molar-refractivity contribution in [3.63, 3.8) is 0 Å². The molecular formula is C10H13NO3. The molecule has 1 aliphatic rings. The second-order valence-electron chi connectivity index (χ2n) is 3.54. The summed E-state index contributed by atoms with van der Waals surface area (Å²) < 4.78 is 5.29. The van der Waals surface area contributed by atoms with Crippen molar-refractivity contribution >= 4 is 5.97 Å². The Morgan fingerprint density at radius 1 is 1.71 bits per heavy atom. The molecule has 1 fully saturated rings. The Balaban J connectivity index is 2.07. The van der Waals surface area contributed by atoms with Gasteiger partial charge in [-0.25, -0.2) is 0 Å². The third-order valence-corrected chi connectivity index (χ3v) is 2.57. The molecule has 0 aromatic carbocycles. The lowest BCUT2D eigenvalue weighted by Gasteiger charge is -2.20. The summed E-state index contributed by atoms with van der Waals surface area (Å²) in [5, 5.41) is 8.72. The first-order valence-corrected chi connectivity index (χ1v) is 4.76. The summed E-state index contributed by atoms with van der Waals surface area (Å²) in [4.78, 5) is 12.5. The van der Waals surface area contributed by atoms with Crippen molar-refractivity contribution in [3.8, 4) is 0 Å². The number of carboxylic acid groups (broad SMARTS) is 1. The zero-order valence-corrected chi connectivity index (χ0v) is 7.85. The predicted molar refractivity (Wildman–Crippen MR) is 49.9 cm³/mol. The number of rotatable bonds is 3. The molecule has 2 rings (SSSR count). The van der Waals surface area contributed by atoms with E-state index >= 15 is 0 Å². The van der Waals surface area contributed by atoms with E-state index in [-0.39, 0.29) is 12.6 Å². The molecule has 1 atom stereocenters. The van der Waals surface area contributed by atoms with Crippen molar-refractivity contribution in [2.24, 2.45) is 0 Å². The molecular weight excluding hydrogens is 182 g/mol. The van der Waals surface area contributed by atoms with Gasteiger partial charge in [0.2, 0.25) is 0 Å². The van der Waals surface area contributed by atoms with Crippen LogP contribution in [0.15, 0.2) is 22.8 Å². The van der Waals surface area contributed by atoms with Crippen LogP contribution in [-0.2, 0) is 4.79 Å². The van der Waals surface area contributed by atoms with E-state index in [2.05, 4.69) is 0 Å².